The van der Waals surface area contributed by atoms with E-state index in [9.17, 15) is 14.4 Å². The Kier molecular flexibility index (Phi) is 8.09. The van der Waals surface area contributed by atoms with Gasteiger partial charge >= 0.3 is 6.09 Å². The number of nitrogens with one attached hydrogen (secondary N) is 2. The molecule has 0 spiro atoms. The molecule has 0 aromatic rings. The highest BCUT2D eigenvalue weighted by atomic mass is 35.5. The summed E-state index contributed by atoms with van der Waals surface area (Å²) in [5, 5.41) is 5.22. The fourth-order valence-corrected chi connectivity index (χ4v) is 1.69. The Morgan fingerprint density at radius 2 is 1.74 bits per heavy atom. The molecule has 0 saturated heterocycles. The third-order valence-corrected chi connectivity index (χ3v) is 2.49. The molecule has 23 heavy (non-hydrogen) atoms. The molecule has 0 aromatic carbocycles. The second-order valence-electron chi connectivity index (χ2n) is 6.93. The lowest BCUT2D eigenvalue weighted by atomic mass is 10.1. The molecule has 0 aliphatic heterocycles. The molecule has 0 radical (unpaired) electrons. The van der Waals surface area contributed by atoms with Crippen molar-refractivity contribution in [2.45, 2.75) is 52.7 Å². The van der Waals surface area contributed by atoms with Crippen LogP contribution < -0.4 is 10.6 Å². The van der Waals surface area contributed by atoms with Crippen molar-refractivity contribution in [1.29, 1.82) is 0 Å². The number of ether oxygens (including phenoxy) is 1. The summed E-state index contributed by atoms with van der Waals surface area (Å²) in [6, 6.07) is 0. The lowest BCUT2D eigenvalue weighted by molar-refractivity contribution is -0.125. The first-order valence-electron chi connectivity index (χ1n) is 7.21. The van der Waals surface area contributed by atoms with Crippen molar-refractivity contribution in [3.8, 4) is 0 Å². The Hall–Kier alpha value is -1.76. The molecule has 0 rings (SSSR count). The molecule has 2 N–H and O–H groups in total. The number of alkyl carbamates (subject to hydrolysis) is 1. The second kappa shape index (κ2) is 8.76. The van der Waals surface area contributed by atoms with E-state index >= 15 is 0 Å². The minimum Gasteiger partial charge on any atom is -0.444 e. The van der Waals surface area contributed by atoms with E-state index < -0.39 is 23.1 Å². The Morgan fingerprint density at radius 1 is 1.17 bits per heavy atom. The van der Waals surface area contributed by atoms with Crippen molar-refractivity contribution in [3.63, 3.8) is 0 Å². The van der Waals surface area contributed by atoms with E-state index in [0.29, 0.717) is 6.41 Å². The Balaban J connectivity index is 4.61. The first-order valence-corrected chi connectivity index (χ1v) is 7.65. The summed E-state index contributed by atoms with van der Waals surface area (Å²) in [5.41, 5.74) is -0.0425. The predicted octanol–water partition coefficient (Wildman–Crippen LogP) is 1.96. The molecule has 132 valence electrons. The van der Waals surface area contributed by atoms with Gasteiger partial charge in [-0.05, 0) is 41.5 Å². The summed E-state index contributed by atoms with van der Waals surface area (Å²) in [6.45, 7) is 10.9. The van der Waals surface area contributed by atoms with E-state index in [1.807, 2.05) is 20.8 Å². The van der Waals surface area contributed by atoms with Gasteiger partial charge in [0.15, 0.2) is 0 Å². The number of carbonyl (C=O) groups is 3. The SMILES string of the molecule is CC(C)(C)NC(=O)/C(=C/Cl)N(C=O)CCNC(=O)OC(C)(C)C. The van der Waals surface area contributed by atoms with E-state index in [2.05, 4.69) is 10.6 Å². The van der Waals surface area contributed by atoms with Gasteiger partial charge in [-0.1, -0.05) is 11.6 Å². The van der Waals surface area contributed by atoms with Crippen LogP contribution in [0.2, 0.25) is 0 Å². The van der Waals surface area contributed by atoms with Crippen LogP contribution in [-0.4, -0.2) is 47.5 Å². The maximum atomic E-state index is 12.1. The van der Waals surface area contributed by atoms with Crippen molar-refractivity contribution in [2.75, 3.05) is 13.1 Å². The standard InChI is InChI=1S/C15H26ClN3O4/c1-14(2,3)18-12(21)11(9-16)19(10-20)8-7-17-13(22)23-15(4,5)6/h9-10H,7-8H2,1-6H3,(H,17,22)(H,18,21)/b11-9-. The summed E-state index contributed by atoms with van der Waals surface area (Å²) < 4.78 is 5.08. The first kappa shape index (κ1) is 21.2. The van der Waals surface area contributed by atoms with Gasteiger partial charge in [-0.2, -0.15) is 0 Å². The quantitative estimate of drug-likeness (QED) is 0.568. The van der Waals surface area contributed by atoms with Gasteiger partial charge in [-0.25, -0.2) is 4.79 Å². The monoisotopic (exact) mass is 347 g/mol. The van der Waals surface area contributed by atoms with Crippen molar-refractivity contribution in [3.05, 3.63) is 11.2 Å². The maximum Gasteiger partial charge on any atom is 0.407 e. The van der Waals surface area contributed by atoms with E-state index in [1.165, 1.54) is 0 Å². The summed E-state index contributed by atoms with van der Waals surface area (Å²) in [4.78, 5) is 35.9. The van der Waals surface area contributed by atoms with Crippen LogP contribution >= 0.6 is 11.6 Å². The van der Waals surface area contributed by atoms with Gasteiger partial charge in [0.1, 0.15) is 11.3 Å². The molecular weight excluding hydrogens is 322 g/mol. The smallest absolute Gasteiger partial charge is 0.407 e. The molecule has 8 heteroatoms. The Bertz CT molecular complexity index is 464. The molecule has 7 nitrogen and oxygen atoms in total. The molecule has 0 unspecified atom stereocenters. The van der Waals surface area contributed by atoms with Crippen LogP contribution in [0.25, 0.3) is 0 Å². The molecule has 3 amide bonds. The van der Waals surface area contributed by atoms with Crippen LogP contribution in [0.3, 0.4) is 0 Å². The number of hydrogen-bond donors (Lipinski definition) is 2. The van der Waals surface area contributed by atoms with Crippen LogP contribution in [0.4, 0.5) is 4.79 Å². The lowest BCUT2D eigenvalue weighted by Gasteiger charge is -2.25. The molecule has 0 heterocycles. The minimum atomic E-state index is -0.609. The minimum absolute atomic E-state index is 0.00239. The summed E-state index contributed by atoms with van der Waals surface area (Å²) in [6.07, 6.45) is -0.119. The maximum absolute atomic E-state index is 12.1. The number of amides is 3. The van der Waals surface area contributed by atoms with Crippen LogP contribution in [0, 0.1) is 0 Å². The van der Waals surface area contributed by atoms with E-state index in [1.54, 1.807) is 20.8 Å². The lowest BCUT2D eigenvalue weighted by Crippen LogP contribution is -2.45. The van der Waals surface area contributed by atoms with Crippen molar-refractivity contribution in [2.24, 2.45) is 0 Å². The normalized spacial score (nSPS) is 12.4. The van der Waals surface area contributed by atoms with E-state index in [4.69, 9.17) is 16.3 Å². The molecule has 0 bridgehead atoms. The zero-order chi connectivity index (χ0) is 18.3. The van der Waals surface area contributed by atoms with E-state index in [0.717, 1.165) is 10.4 Å². The van der Waals surface area contributed by atoms with Crippen LogP contribution in [0.5, 0.6) is 0 Å². The van der Waals surface area contributed by atoms with Crippen molar-refractivity contribution < 1.29 is 19.1 Å². The average Bonchev–Trinajstić information content (AvgIpc) is 2.33. The predicted molar refractivity (Wildman–Crippen MR) is 88.8 cm³/mol. The second-order valence-corrected chi connectivity index (χ2v) is 7.14. The molecule has 0 saturated carbocycles. The van der Waals surface area contributed by atoms with Gasteiger partial charge < -0.3 is 20.3 Å². The zero-order valence-corrected chi connectivity index (χ0v) is 15.3. The molecule has 0 atom stereocenters. The van der Waals surface area contributed by atoms with Gasteiger partial charge in [0, 0.05) is 24.2 Å². The third kappa shape index (κ3) is 9.78. The van der Waals surface area contributed by atoms with Crippen LogP contribution in [-0.2, 0) is 14.3 Å². The Morgan fingerprint density at radius 3 is 2.13 bits per heavy atom. The van der Waals surface area contributed by atoms with Gasteiger partial charge in [0.2, 0.25) is 6.41 Å². The van der Waals surface area contributed by atoms with Gasteiger partial charge in [-0.15, -0.1) is 0 Å². The molecule has 0 aliphatic carbocycles. The van der Waals surface area contributed by atoms with Gasteiger partial charge in [0.05, 0.1) is 0 Å². The average molecular weight is 348 g/mol. The van der Waals surface area contributed by atoms with E-state index in [-0.39, 0.29) is 18.8 Å². The van der Waals surface area contributed by atoms with Gasteiger partial charge in [0.25, 0.3) is 5.91 Å². The number of nitrogens with zero attached hydrogens (tertiary/aromatic N) is 1. The highest BCUT2D eigenvalue weighted by molar-refractivity contribution is 6.27. The van der Waals surface area contributed by atoms with Crippen LogP contribution in [0.15, 0.2) is 11.2 Å². The fourth-order valence-electron chi connectivity index (χ4n) is 1.47. The highest BCUT2D eigenvalue weighted by Crippen LogP contribution is 2.08. The van der Waals surface area contributed by atoms with Crippen molar-refractivity contribution >= 4 is 30.0 Å². The topological polar surface area (TPSA) is 87.7 Å². The fraction of sp³-hybridized carbons (Fsp3) is 0.667. The summed E-state index contributed by atoms with van der Waals surface area (Å²) in [5.74, 6) is -0.475. The Labute approximate surface area is 142 Å². The summed E-state index contributed by atoms with van der Waals surface area (Å²) >= 11 is 5.66. The number of rotatable bonds is 6. The summed E-state index contributed by atoms with van der Waals surface area (Å²) in [7, 11) is 0. The molecule has 0 aromatic heterocycles. The molecule has 0 fully saturated rings. The largest absolute Gasteiger partial charge is 0.444 e. The van der Waals surface area contributed by atoms with Gasteiger partial charge in [-0.3, -0.25) is 9.59 Å². The number of hydrogen-bond acceptors (Lipinski definition) is 4. The number of carbonyl (C=O) groups excluding carboxylic acids is 3. The van der Waals surface area contributed by atoms with Crippen molar-refractivity contribution in [1.82, 2.24) is 15.5 Å². The van der Waals surface area contributed by atoms with Crippen LogP contribution in [0.1, 0.15) is 41.5 Å². The molecule has 0 aliphatic rings. The highest BCUT2D eigenvalue weighted by Gasteiger charge is 2.22. The first-order chi connectivity index (χ1) is 10.4. The third-order valence-electron chi connectivity index (χ3n) is 2.28. The zero-order valence-electron chi connectivity index (χ0n) is 14.5. The number of halogens is 1. The molecular formula is C15H26ClN3O4.